The molecule has 0 heterocycles. The van der Waals surface area contributed by atoms with Gasteiger partial charge in [-0.1, -0.05) is 31.4 Å². The van der Waals surface area contributed by atoms with E-state index in [4.69, 9.17) is 0 Å². The number of carbonyl (C=O) groups is 1. The molecule has 2 N–H and O–H groups in total. The molecule has 0 spiro atoms. The Kier molecular flexibility index (Phi) is 5.60. The number of rotatable bonds is 5. The Balaban J connectivity index is 1.87. The Labute approximate surface area is 122 Å². The van der Waals surface area contributed by atoms with Crippen molar-refractivity contribution in [2.24, 2.45) is 5.92 Å². The second-order valence-corrected chi connectivity index (χ2v) is 5.94. The summed E-state index contributed by atoms with van der Waals surface area (Å²) in [6.45, 7) is 4.83. The molecular formula is C17H26N2O. The summed E-state index contributed by atoms with van der Waals surface area (Å²) in [6, 6.07) is 8.42. The Morgan fingerprint density at radius 3 is 2.75 bits per heavy atom. The fraction of sp³-hybridized carbons (Fsp3) is 0.588. The second kappa shape index (κ2) is 7.44. The van der Waals surface area contributed by atoms with E-state index in [0.717, 1.165) is 18.2 Å². The van der Waals surface area contributed by atoms with Crippen molar-refractivity contribution in [3.8, 4) is 0 Å². The van der Waals surface area contributed by atoms with E-state index in [2.05, 4.69) is 29.7 Å². The molecule has 0 saturated heterocycles. The molecule has 1 aliphatic rings. The lowest BCUT2D eigenvalue weighted by atomic mass is 9.89. The van der Waals surface area contributed by atoms with Crippen LogP contribution >= 0.6 is 0 Å². The first kappa shape index (κ1) is 15.0. The third-order valence-corrected chi connectivity index (χ3v) is 4.14. The third kappa shape index (κ3) is 4.64. The SMILES string of the molecule is CC(=O)Nc1cccc(C(C)NCC2CCCCC2)c1. The van der Waals surface area contributed by atoms with E-state index in [1.807, 2.05) is 12.1 Å². The maximum atomic E-state index is 11.1. The van der Waals surface area contributed by atoms with E-state index in [1.54, 1.807) is 0 Å². The Bertz CT molecular complexity index is 438. The molecule has 20 heavy (non-hydrogen) atoms. The highest BCUT2D eigenvalue weighted by Crippen LogP contribution is 2.24. The molecule has 0 aliphatic heterocycles. The summed E-state index contributed by atoms with van der Waals surface area (Å²) in [7, 11) is 0. The smallest absolute Gasteiger partial charge is 0.221 e. The Morgan fingerprint density at radius 2 is 2.05 bits per heavy atom. The summed E-state index contributed by atoms with van der Waals surface area (Å²) in [5.74, 6) is 0.815. The molecule has 1 aromatic rings. The minimum absolute atomic E-state index is 0.0232. The van der Waals surface area contributed by atoms with E-state index < -0.39 is 0 Å². The van der Waals surface area contributed by atoms with Crippen molar-refractivity contribution in [2.45, 2.75) is 52.0 Å². The van der Waals surface area contributed by atoms with Crippen LogP contribution in [0.4, 0.5) is 5.69 Å². The normalized spacial score (nSPS) is 17.7. The van der Waals surface area contributed by atoms with Gasteiger partial charge in [0, 0.05) is 18.7 Å². The summed E-state index contributed by atoms with van der Waals surface area (Å²) in [6.07, 6.45) is 6.92. The monoisotopic (exact) mass is 274 g/mol. The van der Waals surface area contributed by atoms with Gasteiger partial charge in [-0.25, -0.2) is 0 Å². The van der Waals surface area contributed by atoms with Crippen molar-refractivity contribution < 1.29 is 4.79 Å². The average Bonchev–Trinajstić information content (AvgIpc) is 2.45. The molecule has 110 valence electrons. The van der Waals surface area contributed by atoms with Crippen molar-refractivity contribution in [1.82, 2.24) is 5.32 Å². The fourth-order valence-corrected chi connectivity index (χ4v) is 2.94. The summed E-state index contributed by atoms with van der Waals surface area (Å²) in [5.41, 5.74) is 2.10. The first-order chi connectivity index (χ1) is 9.65. The third-order valence-electron chi connectivity index (χ3n) is 4.14. The standard InChI is InChI=1S/C17H26N2O/c1-13(18-12-15-7-4-3-5-8-15)16-9-6-10-17(11-16)19-14(2)20/h6,9-11,13,15,18H,3-5,7-8,12H2,1-2H3,(H,19,20). The lowest BCUT2D eigenvalue weighted by molar-refractivity contribution is -0.114. The average molecular weight is 274 g/mol. The van der Waals surface area contributed by atoms with Crippen LogP contribution in [0.25, 0.3) is 0 Å². The lowest BCUT2D eigenvalue weighted by Crippen LogP contribution is -2.27. The first-order valence-corrected chi connectivity index (χ1v) is 7.76. The van der Waals surface area contributed by atoms with Crippen LogP contribution in [-0.2, 0) is 4.79 Å². The van der Waals surface area contributed by atoms with Crippen LogP contribution in [0.1, 0.15) is 57.6 Å². The van der Waals surface area contributed by atoms with Gasteiger partial charge >= 0.3 is 0 Å². The molecule has 1 saturated carbocycles. The fourth-order valence-electron chi connectivity index (χ4n) is 2.94. The highest BCUT2D eigenvalue weighted by Gasteiger charge is 2.14. The number of carbonyl (C=O) groups excluding carboxylic acids is 1. The van der Waals surface area contributed by atoms with Crippen LogP contribution in [0.15, 0.2) is 24.3 Å². The summed E-state index contributed by atoms with van der Waals surface area (Å²) in [5, 5.41) is 6.48. The van der Waals surface area contributed by atoms with E-state index in [9.17, 15) is 4.79 Å². The van der Waals surface area contributed by atoms with E-state index in [-0.39, 0.29) is 5.91 Å². The maximum Gasteiger partial charge on any atom is 0.221 e. The van der Waals surface area contributed by atoms with Gasteiger partial charge in [0.05, 0.1) is 0 Å². The summed E-state index contributed by atoms with van der Waals surface area (Å²) < 4.78 is 0. The quantitative estimate of drug-likeness (QED) is 0.855. The van der Waals surface area contributed by atoms with Gasteiger partial charge in [-0.2, -0.15) is 0 Å². The molecule has 1 amide bonds. The van der Waals surface area contributed by atoms with E-state index in [0.29, 0.717) is 6.04 Å². The van der Waals surface area contributed by atoms with Gasteiger partial charge in [0.15, 0.2) is 0 Å². The second-order valence-electron chi connectivity index (χ2n) is 5.94. The van der Waals surface area contributed by atoms with Gasteiger partial charge in [-0.05, 0) is 49.9 Å². The van der Waals surface area contributed by atoms with Gasteiger partial charge in [-0.15, -0.1) is 0 Å². The van der Waals surface area contributed by atoms with Crippen LogP contribution in [0.2, 0.25) is 0 Å². The van der Waals surface area contributed by atoms with E-state index >= 15 is 0 Å². The molecule has 2 rings (SSSR count). The molecule has 3 heteroatoms. The van der Waals surface area contributed by atoms with Gasteiger partial charge in [0.1, 0.15) is 0 Å². The van der Waals surface area contributed by atoms with Crippen molar-refractivity contribution in [2.75, 3.05) is 11.9 Å². The summed E-state index contributed by atoms with van der Waals surface area (Å²) >= 11 is 0. The molecule has 1 aromatic carbocycles. The molecule has 1 unspecified atom stereocenters. The van der Waals surface area contributed by atoms with Gasteiger partial charge in [0.25, 0.3) is 0 Å². The molecule has 1 aliphatic carbocycles. The first-order valence-electron chi connectivity index (χ1n) is 7.76. The lowest BCUT2D eigenvalue weighted by Gasteiger charge is -2.24. The largest absolute Gasteiger partial charge is 0.326 e. The van der Waals surface area contributed by atoms with Crippen LogP contribution in [-0.4, -0.2) is 12.5 Å². The topological polar surface area (TPSA) is 41.1 Å². The molecular weight excluding hydrogens is 248 g/mol. The van der Waals surface area contributed by atoms with Crippen LogP contribution < -0.4 is 10.6 Å². The van der Waals surface area contributed by atoms with Crippen molar-refractivity contribution >= 4 is 11.6 Å². The molecule has 0 aromatic heterocycles. The number of hydrogen-bond acceptors (Lipinski definition) is 2. The van der Waals surface area contributed by atoms with Crippen LogP contribution in [0.5, 0.6) is 0 Å². The Morgan fingerprint density at radius 1 is 1.30 bits per heavy atom. The van der Waals surface area contributed by atoms with Gasteiger partial charge in [0.2, 0.25) is 5.91 Å². The number of amides is 1. The van der Waals surface area contributed by atoms with Gasteiger partial charge in [-0.3, -0.25) is 4.79 Å². The van der Waals surface area contributed by atoms with Crippen molar-refractivity contribution in [1.29, 1.82) is 0 Å². The molecule has 1 atom stereocenters. The number of hydrogen-bond donors (Lipinski definition) is 2. The number of nitrogens with one attached hydrogen (secondary N) is 2. The van der Waals surface area contributed by atoms with Crippen molar-refractivity contribution in [3.05, 3.63) is 29.8 Å². The minimum Gasteiger partial charge on any atom is -0.326 e. The zero-order valence-corrected chi connectivity index (χ0v) is 12.6. The molecule has 0 radical (unpaired) electrons. The zero-order chi connectivity index (χ0) is 14.4. The molecule has 1 fully saturated rings. The van der Waals surface area contributed by atoms with E-state index in [1.165, 1.54) is 44.6 Å². The van der Waals surface area contributed by atoms with Crippen molar-refractivity contribution in [3.63, 3.8) is 0 Å². The number of benzene rings is 1. The molecule has 0 bridgehead atoms. The number of anilines is 1. The summed E-state index contributed by atoms with van der Waals surface area (Å²) in [4.78, 5) is 11.1. The Hall–Kier alpha value is -1.35. The molecule has 3 nitrogen and oxygen atoms in total. The van der Waals surface area contributed by atoms with Crippen LogP contribution in [0, 0.1) is 5.92 Å². The highest BCUT2D eigenvalue weighted by atomic mass is 16.1. The maximum absolute atomic E-state index is 11.1. The highest BCUT2D eigenvalue weighted by molar-refractivity contribution is 5.88. The van der Waals surface area contributed by atoms with Crippen LogP contribution in [0.3, 0.4) is 0 Å². The minimum atomic E-state index is -0.0232. The predicted molar refractivity (Wildman–Crippen MR) is 83.7 cm³/mol. The zero-order valence-electron chi connectivity index (χ0n) is 12.6. The predicted octanol–water partition coefficient (Wildman–Crippen LogP) is 3.88. The van der Waals surface area contributed by atoms with Gasteiger partial charge < -0.3 is 10.6 Å².